The molecule has 2 atom stereocenters. The highest BCUT2D eigenvalue weighted by molar-refractivity contribution is 9.09. The number of alkyl halides is 1. The molecule has 130 valence electrons. The van der Waals surface area contributed by atoms with Crippen LogP contribution >= 0.6 is 15.9 Å². The van der Waals surface area contributed by atoms with Gasteiger partial charge in [0.15, 0.2) is 0 Å². The SMILES string of the molecule is CC[C@@](C)(c1ccc(O)cc1)[C@H](CCCCBr)c1ccc(O)cc1. The first-order valence-electron chi connectivity index (χ1n) is 8.65. The molecule has 0 fully saturated rings. The highest BCUT2D eigenvalue weighted by Gasteiger charge is 2.35. The largest absolute Gasteiger partial charge is 0.508 e. The molecule has 0 aromatic heterocycles. The molecule has 0 spiro atoms. The van der Waals surface area contributed by atoms with Crippen LogP contribution < -0.4 is 0 Å². The molecule has 24 heavy (non-hydrogen) atoms. The van der Waals surface area contributed by atoms with Gasteiger partial charge in [-0.1, -0.05) is 60.5 Å². The summed E-state index contributed by atoms with van der Waals surface area (Å²) in [5.74, 6) is 0.977. The summed E-state index contributed by atoms with van der Waals surface area (Å²) >= 11 is 3.52. The molecule has 2 rings (SSSR count). The minimum atomic E-state index is -0.0169. The van der Waals surface area contributed by atoms with E-state index in [0.29, 0.717) is 17.4 Å². The average Bonchev–Trinajstić information content (AvgIpc) is 2.60. The number of benzene rings is 2. The molecule has 0 aliphatic rings. The van der Waals surface area contributed by atoms with Crippen molar-refractivity contribution in [3.8, 4) is 11.5 Å². The topological polar surface area (TPSA) is 40.5 Å². The zero-order valence-electron chi connectivity index (χ0n) is 14.5. The fourth-order valence-electron chi connectivity index (χ4n) is 3.50. The maximum absolute atomic E-state index is 9.63. The fraction of sp³-hybridized carbons (Fsp3) is 0.429. The molecule has 0 aliphatic heterocycles. The lowest BCUT2D eigenvalue weighted by Gasteiger charge is -2.38. The average molecular weight is 391 g/mol. The van der Waals surface area contributed by atoms with E-state index in [4.69, 9.17) is 0 Å². The molecule has 2 aromatic rings. The van der Waals surface area contributed by atoms with E-state index in [1.54, 1.807) is 24.3 Å². The highest BCUT2D eigenvalue weighted by Crippen LogP contribution is 2.45. The maximum Gasteiger partial charge on any atom is 0.115 e. The van der Waals surface area contributed by atoms with Crippen LogP contribution in [0.5, 0.6) is 11.5 Å². The van der Waals surface area contributed by atoms with Crippen molar-refractivity contribution in [1.82, 2.24) is 0 Å². The van der Waals surface area contributed by atoms with Gasteiger partial charge in [0.2, 0.25) is 0 Å². The maximum atomic E-state index is 9.63. The van der Waals surface area contributed by atoms with Crippen molar-refractivity contribution in [3.63, 3.8) is 0 Å². The van der Waals surface area contributed by atoms with E-state index in [9.17, 15) is 10.2 Å². The van der Waals surface area contributed by atoms with Gasteiger partial charge in [0.1, 0.15) is 11.5 Å². The van der Waals surface area contributed by atoms with E-state index in [1.807, 2.05) is 24.3 Å². The van der Waals surface area contributed by atoms with Crippen molar-refractivity contribution in [2.75, 3.05) is 5.33 Å². The Morgan fingerprint density at radius 2 is 1.46 bits per heavy atom. The standard InChI is InChI=1S/C21H27BrO2/c1-3-21(2,17-9-13-19(24)14-10-17)20(6-4-5-15-22)16-7-11-18(23)12-8-16/h7-14,20,23-24H,3-6,15H2,1-2H3/t20-,21+/m1/s1. The van der Waals surface area contributed by atoms with Crippen LogP contribution in [0.15, 0.2) is 48.5 Å². The number of hydrogen-bond acceptors (Lipinski definition) is 2. The molecule has 2 N–H and O–H groups in total. The van der Waals surface area contributed by atoms with Crippen LogP contribution in [0.3, 0.4) is 0 Å². The predicted molar refractivity (Wildman–Crippen MR) is 104 cm³/mol. The molecule has 0 saturated heterocycles. The Morgan fingerprint density at radius 1 is 0.917 bits per heavy atom. The van der Waals surface area contributed by atoms with Crippen LogP contribution in [0.4, 0.5) is 0 Å². The number of hydrogen-bond donors (Lipinski definition) is 2. The van der Waals surface area contributed by atoms with Gasteiger partial charge < -0.3 is 10.2 Å². The Kier molecular flexibility index (Phi) is 6.73. The van der Waals surface area contributed by atoms with Crippen LogP contribution in [0.25, 0.3) is 0 Å². The zero-order chi connectivity index (χ0) is 17.6. The Bertz CT molecular complexity index is 621. The second-order valence-corrected chi connectivity index (χ2v) is 7.44. The monoisotopic (exact) mass is 390 g/mol. The third kappa shape index (κ3) is 4.32. The van der Waals surface area contributed by atoms with Crippen molar-refractivity contribution in [3.05, 3.63) is 59.7 Å². The third-order valence-electron chi connectivity index (χ3n) is 5.20. The number of phenolic OH excluding ortho intramolecular Hbond substituents is 2. The van der Waals surface area contributed by atoms with Crippen molar-refractivity contribution in [2.45, 2.75) is 50.9 Å². The van der Waals surface area contributed by atoms with E-state index < -0.39 is 0 Å². The van der Waals surface area contributed by atoms with E-state index in [1.165, 1.54) is 11.1 Å². The first kappa shape index (κ1) is 18.9. The predicted octanol–water partition coefficient (Wildman–Crippen LogP) is 6.11. The Morgan fingerprint density at radius 3 is 1.96 bits per heavy atom. The molecule has 0 heterocycles. The molecule has 3 heteroatoms. The summed E-state index contributed by atoms with van der Waals surface area (Å²) in [5.41, 5.74) is 2.50. The third-order valence-corrected chi connectivity index (χ3v) is 5.76. The van der Waals surface area contributed by atoms with Gasteiger partial charge in [-0.05, 0) is 66.0 Å². The molecular formula is C21H27BrO2. The van der Waals surface area contributed by atoms with Gasteiger partial charge in [0.05, 0.1) is 0 Å². The van der Waals surface area contributed by atoms with Crippen molar-refractivity contribution in [1.29, 1.82) is 0 Å². The zero-order valence-corrected chi connectivity index (χ0v) is 16.1. The fourth-order valence-corrected chi connectivity index (χ4v) is 3.89. The minimum Gasteiger partial charge on any atom is -0.508 e. The Balaban J connectivity index is 2.41. The second kappa shape index (κ2) is 8.57. The lowest BCUT2D eigenvalue weighted by Crippen LogP contribution is -2.30. The normalized spacial score (nSPS) is 15.0. The summed E-state index contributed by atoms with van der Waals surface area (Å²) in [4.78, 5) is 0. The van der Waals surface area contributed by atoms with Crippen molar-refractivity contribution in [2.24, 2.45) is 0 Å². The first-order valence-corrected chi connectivity index (χ1v) is 9.77. The Labute approximate surface area is 153 Å². The smallest absolute Gasteiger partial charge is 0.115 e. The second-order valence-electron chi connectivity index (χ2n) is 6.65. The number of halogens is 1. The lowest BCUT2D eigenvalue weighted by atomic mass is 9.65. The van der Waals surface area contributed by atoms with Gasteiger partial charge in [-0.25, -0.2) is 0 Å². The van der Waals surface area contributed by atoms with E-state index in [-0.39, 0.29) is 5.41 Å². The summed E-state index contributed by atoms with van der Waals surface area (Å²) in [7, 11) is 0. The van der Waals surface area contributed by atoms with Crippen LogP contribution in [0.1, 0.15) is 56.6 Å². The number of phenols is 2. The summed E-state index contributed by atoms with van der Waals surface area (Å²) in [6, 6.07) is 15.3. The van der Waals surface area contributed by atoms with Crippen LogP contribution in [0.2, 0.25) is 0 Å². The number of unbranched alkanes of at least 4 members (excludes halogenated alkanes) is 1. The van der Waals surface area contributed by atoms with Gasteiger partial charge in [-0.15, -0.1) is 0 Å². The Hall–Kier alpha value is -1.48. The van der Waals surface area contributed by atoms with Crippen molar-refractivity contribution >= 4 is 15.9 Å². The molecule has 0 bridgehead atoms. The van der Waals surface area contributed by atoms with E-state index in [0.717, 1.165) is 31.0 Å². The van der Waals surface area contributed by atoms with Gasteiger partial charge in [-0.3, -0.25) is 0 Å². The minimum absolute atomic E-state index is 0.0169. The number of rotatable bonds is 8. The van der Waals surface area contributed by atoms with E-state index in [2.05, 4.69) is 29.8 Å². The molecule has 2 nitrogen and oxygen atoms in total. The first-order chi connectivity index (χ1) is 11.5. The van der Waals surface area contributed by atoms with Gasteiger partial charge >= 0.3 is 0 Å². The van der Waals surface area contributed by atoms with Gasteiger partial charge in [-0.2, -0.15) is 0 Å². The highest BCUT2D eigenvalue weighted by atomic mass is 79.9. The van der Waals surface area contributed by atoms with Crippen LogP contribution in [-0.2, 0) is 5.41 Å². The lowest BCUT2D eigenvalue weighted by molar-refractivity contribution is 0.338. The molecule has 0 radical (unpaired) electrons. The van der Waals surface area contributed by atoms with Gasteiger partial charge in [0, 0.05) is 5.33 Å². The summed E-state index contributed by atoms with van der Waals surface area (Å²) < 4.78 is 0. The summed E-state index contributed by atoms with van der Waals surface area (Å²) in [6.07, 6.45) is 4.42. The van der Waals surface area contributed by atoms with Crippen LogP contribution in [-0.4, -0.2) is 15.5 Å². The van der Waals surface area contributed by atoms with E-state index >= 15 is 0 Å². The molecule has 0 amide bonds. The molecule has 2 aromatic carbocycles. The van der Waals surface area contributed by atoms with Crippen molar-refractivity contribution < 1.29 is 10.2 Å². The summed E-state index contributed by atoms with van der Waals surface area (Å²) in [5, 5.41) is 20.3. The summed E-state index contributed by atoms with van der Waals surface area (Å²) in [6.45, 7) is 4.54. The molecule has 0 aliphatic carbocycles. The van der Waals surface area contributed by atoms with Gasteiger partial charge in [0.25, 0.3) is 0 Å². The molecular weight excluding hydrogens is 364 g/mol. The van der Waals surface area contributed by atoms with Crippen LogP contribution in [0, 0.1) is 0 Å². The quantitative estimate of drug-likeness (QED) is 0.421. The molecule has 0 unspecified atom stereocenters. The number of aromatic hydroxyl groups is 2. The molecule has 0 saturated carbocycles.